The van der Waals surface area contributed by atoms with Crippen molar-refractivity contribution in [2.24, 2.45) is 0 Å². The average Bonchev–Trinajstić information content (AvgIpc) is 2.55. The maximum Gasteiger partial charge on any atom is 0.338 e. The number of halogens is 1. The van der Waals surface area contributed by atoms with Crippen LogP contribution in [-0.2, 0) is 14.8 Å². The number of carbonyl (C=O) groups excluding carboxylic acids is 1. The summed E-state index contributed by atoms with van der Waals surface area (Å²) in [4.78, 5) is 11.6. The largest absolute Gasteiger partial charge is 0.462 e. The first-order valence-electron chi connectivity index (χ1n) is 6.88. The molecule has 0 amide bonds. The van der Waals surface area contributed by atoms with Gasteiger partial charge in [-0.3, -0.25) is 4.31 Å². The fourth-order valence-corrected chi connectivity index (χ4v) is 3.24. The highest BCUT2D eigenvalue weighted by Gasteiger charge is 2.24. The Hall–Kier alpha value is -2.41. The molecule has 5 nitrogen and oxygen atoms in total. The highest BCUT2D eigenvalue weighted by atomic mass is 32.2. The molecule has 7 heteroatoms. The lowest BCUT2D eigenvalue weighted by Crippen LogP contribution is -2.27. The average molecular weight is 337 g/mol. The Kier molecular flexibility index (Phi) is 5.00. The second kappa shape index (κ2) is 6.78. The van der Waals surface area contributed by atoms with Crippen molar-refractivity contribution in [1.82, 2.24) is 0 Å². The van der Waals surface area contributed by atoms with E-state index in [1.165, 1.54) is 49.5 Å². The van der Waals surface area contributed by atoms with Crippen LogP contribution in [0.4, 0.5) is 10.1 Å². The van der Waals surface area contributed by atoms with E-state index in [2.05, 4.69) is 0 Å². The Balaban J connectivity index is 2.42. The molecule has 0 saturated carbocycles. The van der Waals surface area contributed by atoms with E-state index in [4.69, 9.17) is 4.74 Å². The molecule has 0 unspecified atom stereocenters. The topological polar surface area (TPSA) is 63.7 Å². The van der Waals surface area contributed by atoms with Crippen LogP contribution in [0, 0.1) is 5.82 Å². The lowest BCUT2D eigenvalue weighted by atomic mass is 10.2. The fourth-order valence-electron chi connectivity index (χ4n) is 1.99. The first-order chi connectivity index (χ1) is 10.9. The zero-order valence-electron chi connectivity index (χ0n) is 12.7. The van der Waals surface area contributed by atoms with Gasteiger partial charge >= 0.3 is 5.97 Å². The maximum absolute atomic E-state index is 13.8. The van der Waals surface area contributed by atoms with Gasteiger partial charge < -0.3 is 4.74 Å². The summed E-state index contributed by atoms with van der Waals surface area (Å²) in [5, 5.41) is 0. The zero-order chi connectivity index (χ0) is 17.0. The normalized spacial score (nSPS) is 11.1. The molecule has 0 heterocycles. The minimum atomic E-state index is -4.00. The summed E-state index contributed by atoms with van der Waals surface area (Å²) in [6.07, 6.45) is 0. The summed E-state index contributed by atoms with van der Waals surface area (Å²) in [7, 11) is -2.75. The van der Waals surface area contributed by atoms with E-state index in [-0.39, 0.29) is 22.8 Å². The molecule has 0 aliphatic heterocycles. The van der Waals surface area contributed by atoms with Gasteiger partial charge in [-0.15, -0.1) is 0 Å². The molecular weight excluding hydrogens is 321 g/mol. The van der Waals surface area contributed by atoms with Crippen LogP contribution >= 0.6 is 0 Å². The Labute approximate surface area is 134 Å². The van der Waals surface area contributed by atoms with Crippen LogP contribution in [-0.4, -0.2) is 28.0 Å². The number of rotatable bonds is 5. The Bertz CT molecular complexity index is 820. The maximum atomic E-state index is 13.8. The van der Waals surface area contributed by atoms with Gasteiger partial charge in [0.25, 0.3) is 10.0 Å². The summed E-state index contributed by atoms with van der Waals surface area (Å²) < 4.78 is 44.8. The molecule has 0 bridgehead atoms. The number of sulfonamides is 1. The summed E-state index contributed by atoms with van der Waals surface area (Å²) in [5.74, 6) is -1.27. The summed E-state index contributed by atoms with van der Waals surface area (Å²) in [5.41, 5.74) is 0.0453. The number of nitrogens with zero attached hydrogens (tertiary/aromatic N) is 1. The van der Waals surface area contributed by atoms with E-state index in [1.54, 1.807) is 13.0 Å². The molecule has 2 rings (SSSR count). The summed E-state index contributed by atoms with van der Waals surface area (Å²) >= 11 is 0. The van der Waals surface area contributed by atoms with Gasteiger partial charge in [0.1, 0.15) is 5.82 Å². The molecule has 0 spiro atoms. The number of esters is 1. The minimum Gasteiger partial charge on any atom is -0.462 e. The second-order valence-corrected chi connectivity index (χ2v) is 6.64. The summed E-state index contributed by atoms with van der Waals surface area (Å²) in [6.45, 7) is 1.84. The lowest BCUT2D eigenvalue weighted by Gasteiger charge is -2.20. The van der Waals surface area contributed by atoms with Crippen LogP contribution in [0.1, 0.15) is 17.3 Å². The first kappa shape index (κ1) is 17.0. The number of anilines is 1. The van der Waals surface area contributed by atoms with E-state index in [1.807, 2.05) is 0 Å². The van der Waals surface area contributed by atoms with E-state index in [9.17, 15) is 17.6 Å². The van der Waals surface area contributed by atoms with E-state index < -0.39 is 21.8 Å². The Morgan fingerprint density at radius 1 is 1.17 bits per heavy atom. The second-order valence-electron chi connectivity index (χ2n) is 4.67. The number of ether oxygens (including phenoxy) is 1. The monoisotopic (exact) mass is 337 g/mol. The predicted octanol–water partition coefficient (Wildman–Crippen LogP) is 2.83. The van der Waals surface area contributed by atoms with Crippen LogP contribution in [0.25, 0.3) is 0 Å². The van der Waals surface area contributed by atoms with Gasteiger partial charge in [-0.1, -0.05) is 18.2 Å². The van der Waals surface area contributed by atoms with Gasteiger partial charge in [0, 0.05) is 7.05 Å². The minimum absolute atomic E-state index is 0.0750. The SMILES string of the molecule is CCOC(=O)c1cccc(S(=O)(=O)N(C)c2ccccc2F)c1. The number of carbonyl (C=O) groups is 1. The van der Waals surface area contributed by atoms with Gasteiger partial charge in [0.05, 0.1) is 22.8 Å². The Morgan fingerprint density at radius 3 is 2.52 bits per heavy atom. The van der Waals surface area contributed by atoms with Crippen molar-refractivity contribution in [2.75, 3.05) is 18.0 Å². The van der Waals surface area contributed by atoms with Crippen molar-refractivity contribution in [3.05, 3.63) is 59.9 Å². The van der Waals surface area contributed by atoms with Gasteiger partial charge in [-0.05, 0) is 37.3 Å². The zero-order valence-corrected chi connectivity index (χ0v) is 13.5. The van der Waals surface area contributed by atoms with E-state index in [0.29, 0.717) is 0 Å². The molecule has 0 aromatic heterocycles. The molecule has 23 heavy (non-hydrogen) atoms. The molecule has 0 fully saturated rings. The van der Waals surface area contributed by atoms with E-state index in [0.717, 1.165) is 4.31 Å². The van der Waals surface area contributed by atoms with Gasteiger partial charge in [-0.2, -0.15) is 0 Å². The van der Waals surface area contributed by atoms with Gasteiger partial charge in [0.2, 0.25) is 0 Å². The molecule has 122 valence electrons. The molecule has 0 aliphatic rings. The van der Waals surface area contributed by atoms with Crippen molar-refractivity contribution >= 4 is 21.7 Å². The Morgan fingerprint density at radius 2 is 1.87 bits per heavy atom. The van der Waals surface area contributed by atoms with Crippen molar-refractivity contribution in [3.63, 3.8) is 0 Å². The summed E-state index contributed by atoms with van der Waals surface area (Å²) in [6, 6.07) is 11.0. The first-order valence-corrected chi connectivity index (χ1v) is 8.32. The van der Waals surface area contributed by atoms with Crippen molar-refractivity contribution < 1.29 is 22.3 Å². The molecule has 0 saturated heterocycles. The third-order valence-electron chi connectivity index (χ3n) is 3.20. The van der Waals surface area contributed by atoms with Crippen LogP contribution in [0.2, 0.25) is 0 Å². The van der Waals surface area contributed by atoms with Crippen molar-refractivity contribution in [3.8, 4) is 0 Å². The number of hydrogen-bond donors (Lipinski definition) is 0. The highest BCUT2D eigenvalue weighted by molar-refractivity contribution is 7.92. The number of benzene rings is 2. The van der Waals surface area contributed by atoms with Crippen LogP contribution in [0.15, 0.2) is 53.4 Å². The van der Waals surface area contributed by atoms with Crippen LogP contribution in [0.5, 0.6) is 0 Å². The van der Waals surface area contributed by atoms with Gasteiger partial charge in [-0.25, -0.2) is 17.6 Å². The molecule has 0 aliphatic carbocycles. The smallest absolute Gasteiger partial charge is 0.338 e. The fraction of sp³-hybridized carbons (Fsp3) is 0.188. The molecule has 0 atom stereocenters. The third kappa shape index (κ3) is 3.50. The predicted molar refractivity (Wildman–Crippen MR) is 84.4 cm³/mol. The van der Waals surface area contributed by atoms with Crippen molar-refractivity contribution in [2.45, 2.75) is 11.8 Å². The molecule has 0 N–H and O–H groups in total. The quantitative estimate of drug-likeness (QED) is 0.787. The molecular formula is C16H16FNO4S. The third-order valence-corrected chi connectivity index (χ3v) is 4.96. The molecule has 0 radical (unpaired) electrons. The molecule has 2 aromatic rings. The number of hydrogen-bond acceptors (Lipinski definition) is 4. The lowest BCUT2D eigenvalue weighted by molar-refractivity contribution is 0.0526. The molecule has 2 aromatic carbocycles. The highest BCUT2D eigenvalue weighted by Crippen LogP contribution is 2.25. The van der Waals surface area contributed by atoms with E-state index >= 15 is 0 Å². The van der Waals surface area contributed by atoms with Gasteiger partial charge in [0.15, 0.2) is 0 Å². The van der Waals surface area contributed by atoms with Crippen LogP contribution in [0.3, 0.4) is 0 Å². The number of para-hydroxylation sites is 1. The standard InChI is InChI=1S/C16H16FNO4S/c1-3-22-16(19)12-7-6-8-13(11-12)23(20,21)18(2)15-10-5-4-9-14(15)17/h4-11H,3H2,1-2H3. The van der Waals surface area contributed by atoms with Crippen molar-refractivity contribution in [1.29, 1.82) is 0 Å². The van der Waals surface area contributed by atoms with Crippen LogP contribution < -0.4 is 4.31 Å².